The molecule has 1 aliphatic carbocycles. The lowest BCUT2D eigenvalue weighted by atomic mass is 9.76. The molecule has 0 heterocycles. The van der Waals surface area contributed by atoms with Gasteiger partial charge in [-0.1, -0.05) is 25.1 Å². The number of aryl methyl sites for hydroxylation is 2. The Balaban J connectivity index is 2.14. The summed E-state index contributed by atoms with van der Waals surface area (Å²) in [6.45, 7) is 6.67. The second kappa shape index (κ2) is 5.22. The first-order valence-electron chi connectivity index (χ1n) is 6.81. The fraction of sp³-hybridized carbons (Fsp3) is 0.625. The van der Waals surface area contributed by atoms with Gasteiger partial charge in [-0.05, 0) is 68.1 Å². The van der Waals surface area contributed by atoms with Gasteiger partial charge in [0.05, 0.1) is 6.10 Å². The molecule has 0 saturated heterocycles. The predicted octanol–water partition coefficient (Wildman–Crippen LogP) is 3.64. The Bertz CT molecular complexity index is 363. The van der Waals surface area contributed by atoms with E-state index < -0.39 is 0 Å². The highest BCUT2D eigenvalue weighted by molar-refractivity contribution is 5.33. The first-order chi connectivity index (χ1) is 8.08. The molecule has 1 fully saturated rings. The third-order valence-electron chi connectivity index (χ3n) is 4.32. The lowest BCUT2D eigenvalue weighted by Gasteiger charge is -2.32. The van der Waals surface area contributed by atoms with E-state index in [1.807, 2.05) is 0 Å². The maximum Gasteiger partial charge on any atom is 0.0571 e. The van der Waals surface area contributed by atoms with Crippen LogP contribution in [-0.2, 0) is 6.42 Å². The van der Waals surface area contributed by atoms with Crippen molar-refractivity contribution >= 4 is 0 Å². The monoisotopic (exact) mass is 232 g/mol. The Kier molecular flexibility index (Phi) is 3.88. The van der Waals surface area contributed by atoms with Gasteiger partial charge >= 0.3 is 0 Å². The van der Waals surface area contributed by atoms with E-state index in [1.54, 1.807) is 0 Å². The molecule has 1 saturated carbocycles. The minimum Gasteiger partial charge on any atom is -0.393 e. The van der Waals surface area contributed by atoms with E-state index in [1.165, 1.54) is 29.5 Å². The molecule has 0 aliphatic heterocycles. The SMILES string of the molecule is Cc1cccc(C)c1CC1CC(C)CCC1O. The van der Waals surface area contributed by atoms with Crippen LogP contribution in [0, 0.1) is 25.7 Å². The zero-order valence-corrected chi connectivity index (χ0v) is 11.2. The summed E-state index contributed by atoms with van der Waals surface area (Å²) < 4.78 is 0. The summed E-state index contributed by atoms with van der Waals surface area (Å²) in [6, 6.07) is 6.48. The van der Waals surface area contributed by atoms with E-state index in [-0.39, 0.29) is 6.10 Å². The number of benzene rings is 1. The van der Waals surface area contributed by atoms with Crippen molar-refractivity contribution in [2.75, 3.05) is 0 Å². The van der Waals surface area contributed by atoms with Crippen LogP contribution in [0.15, 0.2) is 18.2 Å². The van der Waals surface area contributed by atoms with Gasteiger partial charge in [0.2, 0.25) is 0 Å². The van der Waals surface area contributed by atoms with Gasteiger partial charge in [-0.15, -0.1) is 0 Å². The molecule has 0 amide bonds. The number of aliphatic hydroxyl groups is 1. The van der Waals surface area contributed by atoms with Crippen molar-refractivity contribution in [2.24, 2.45) is 11.8 Å². The standard InChI is InChI=1S/C16H24O/c1-11-7-8-16(17)14(9-11)10-15-12(2)5-4-6-13(15)3/h4-6,11,14,16-17H,7-10H2,1-3H3. The lowest BCUT2D eigenvalue weighted by molar-refractivity contribution is 0.0518. The number of aliphatic hydroxyl groups excluding tert-OH is 1. The van der Waals surface area contributed by atoms with Gasteiger partial charge in [0, 0.05) is 0 Å². The Hall–Kier alpha value is -0.820. The van der Waals surface area contributed by atoms with E-state index in [4.69, 9.17) is 0 Å². The molecule has 2 rings (SSSR count). The normalized spacial score (nSPS) is 29.3. The topological polar surface area (TPSA) is 20.2 Å². The molecule has 17 heavy (non-hydrogen) atoms. The van der Waals surface area contributed by atoms with Gasteiger partial charge in [-0.3, -0.25) is 0 Å². The molecule has 1 heteroatoms. The second-order valence-corrected chi connectivity index (χ2v) is 5.82. The minimum absolute atomic E-state index is 0.0924. The van der Waals surface area contributed by atoms with E-state index in [2.05, 4.69) is 39.0 Å². The van der Waals surface area contributed by atoms with Crippen LogP contribution in [0.5, 0.6) is 0 Å². The Labute approximate surface area is 105 Å². The fourth-order valence-electron chi connectivity index (χ4n) is 3.14. The van der Waals surface area contributed by atoms with Crippen molar-refractivity contribution in [1.29, 1.82) is 0 Å². The zero-order valence-electron chi connectivity index (χ0n) is 11.2. The fourth-order valence-corrected chi connectivity index (χ4v) is 3.14. The molecule has 3 atom stereocenters. The molecule has 0 spiro atoms. The summed E-state index contributed by atoms with van der Waals surface area (Å²) in [4.78, 5) is 0. The van der Waals surface area contributed by atoms with Gasteiger partial charge in [0.1, 0.15) is 0 Å². The Morgan fingerprint density at radius 1 is 1.18 bits per heavy atom. The third-order valence-corrected chi connectivity index (χ3v) is 4.32. The van der Waals surface area contributed by atoms with Crippen LogP contribution in [0.4, 0.5) is 0 Å². The van der Waals surface area contributed by atoms with Crippen molar-refractivity contribution in [2.45, 2.75) is 52.6 Å². The molecule has 3 unspecified atom stereocenters. The van der Waals surface area contributed by atoms with Crippen molar-refractivity contribution in [3.05, 3.63) is 34.9 Å². The molecule has 1 nitrogen and oxygen atoms in total. The molecular formula is C16H24O. The van der Waals surface area contributed by atoms with Crippen LogP contribution < -0.4 is 0 Å². The van der Waals surface area contributed by atoms with Gasteiger partial charge < -0.3 is 5.11 Å². The Morgan fingerprint density at radius 3 is 2.47 bits per heavy atom. The zero-order chi connectivity index (χ0) is 12.4. The van der Waals surface area contributed by atoms with E-state index >= 15 is 0 Å². The molecule has 1 aromatic rings. The minimum atomic E-state index is -0.0924. The molecule has 0 radical (unpaired) electrons. The summed E-state index contributed by atoms with van der Waals surface area (Å²) in [5.41, 5.74) is 4.19. The van der Waals surface area contributed by atoms with Crippen LogP contribution in [0.25, 0.3) is 0 Å². The largest absolute Gasteiger partial charge is 0.393 e. The summed E-state index contributed by atoms with van der Waals surface area (Å²) in [7, 11) is 0. The number of hydrogen-bond donors (Lipinski definition) is 1. The van der Waals surface area contributed by atoms with Crippen LogP contribution >= 0.6 is 0 Å². The second-order valence-electron chi connectivity index (χ2n) is 5.82. The van der Waals surface area contributed by atoms with Gasteiger partial charge in [0.15, 0.2) is 0 Å². The van der Waals surface area contributed by atoms with Gasteiger partial charge in [-0.2, -0.15) is 0 Å². The highest BCUT2D eigenvalue weighted by Crippen LogP contribution is 2.32. The summed E-state index contributed by atoms with van der Waals surface area (Å²) in [5, 5.41) is 10.1. The Morgan fingerprint density at radius 2 is 1.82 bits per heavy atom. The molecule has 1 N–H and O–H groups in total. The summed E-state index contributed by atoms with van der Waals surface area (Å²) >= 11 is 0. The number of hydrogen-bond acceptors (Lipinski definition) is 1. The molecular weight excluding hydrogens is 208 g/mol. The third kappa shape index (κ3) is 2.90. The highest BCUT2D eigenvalue weighted by atomic mass is 16.3. The quantitative estimate of drug-likeness (QED) is 0.825. The van der Waals surface area contributed by atoms with E-state index in [0.717, 1.165) is 18.8 Å². The van der Waals surface area contributed by atoms with Crippen molar-refractivity contribution in [3.8, 4) is 0 Å². The maximum atomic E-state index is 10.1. The van der Waals surface area contributed by atoms with E-state index in [0.29, 0.717) is 5.92 Å². The average molecular weight is 232 g/mol. The van der Waals surface area contributed by atoms with Crippen molar-refractivity contribution in [3.63, 3.8) is 0 Å². The maximum absolute atomic E-state index is 10.1. The van der Waals surface area contributed by atoms with Gasteiger partial charge in [-0.25, -0.2) is 0 Å². The van der Waals surface area contributed by atoms with Crippen LogP contribution in [0.1, 0.15) is 42.9 Å². The van der Waals surface area contributed by atoms with Crippen LogP contribution in [-0.4, -0.2) is 11.2 Å². The first-order valence-corrected chi connectivity index (χ1v) is 6.81. The highest BCUT2D eigenvalue weighted by Gasteiger charge is 2.27. The molecule has 0 bridgehead atoms. The first kappa shape index (κ1) is 12.6. The van der Waals surface area contributed by atoms with Crippen molar-refractivity contribution in [1.82, 2.24) is 0 Å². The van der Waals surface area contributed by atoms with Crippen LogP contribution in [0.3, 0.4) is 0 Å². The van der Waals surface area contributed by atoms with Crippen LogP contribution in [0.2, 0.25) is 0 Å². The number of rotatable bonds is 2. The molecule has 1 aromatic carbocycles. The molecule has 94 valence electrons. The predicted molar refractivity (Wildman–Crippen MR) is 72.1 cm³/mol. The average Bonchev–Trinajstić information content (AvgIpc) is 2.28. The lowest BCUT2D eigenvalue weighted by Crippen LogP contribution is -2.30. The van der Waals surface area contributed by atoms with E-state index in [9.17, 15) is 5.11 Å². The van der Waals surface area contributed by atoms with Crippen molar-refractivity contribution < 1.29 is 5.11 Å². The smallest absolute Gasteiger partial charge is 0.0571 e. The molecule has 1 aliphatic rings. The molecule has 0 aromatic heterocycles. The summed E-state index contributed by atoms with van der Waals surface area (Å²) in [5.74, 6) is 1.23. The van der Waals surface area contributed by atoms with Gasteiger partial charge in [0.25, 0.3) is 0 Å². The summed E-state index contributed by atoms with van der Waals surface area (Å²) in [6.07, 6.45) is 4.30.